The lowest BCUT2D eigenvalue weighted by molar-refractivity contribution is -0.116. The second kappa shape index (κ2) is 9.03. The fourth-order valence-corrected chi connectivity index (χ4v) is 5.42. The van der Waals surface area contributed by atoms with Gasteiger partial charge >= 0.3 is 0 Å². The van der Waals surface area contributed by atoms with E-state index in [9.17, 15) is 13.2 Å². The first-order valence-electron chi connectivity index (χ1n) is 9.69. The van der Waals surface area contributed by atoms with Gasteiger partial charge < -0.3 is 15.4 Å². The molecule has 0 aliphatic carbocycles. The van der Waals surface area contributed by atoms with Gasteiger partial charge in [-0.3, -0.25) is 4.79 Å². The van der Waals surface area contributed by atoms with Gasteiger partial charge in [-0.15, -0.1) is 0 Å². The van der Waals surface area contributed by atoms with Crippen LogP contribution in [0.2, 0.25) is 0 Å². The molecule has 1 atom stereocenters. The third-order valence-corrected chi connectivity index (χ3v) is 7.24. The highest BCUT2D eigenvalue weighted by Crippen LogP contribution is 2.31. The van der Waals surface area contributed by atoms with Crippen LogP contribution in [0, 0.1) is 5.92 Å². The molecule has 1 unspecified atom stereocenters. The largest absolute Gasteiger partial charge is 0.495 e. The Kier molecular flexibility index (Phi) is 6.73. The van der Waals surface area contributed by atoms with Crippen molar-refractivity contribution in [3.63, 3.8) is 0 Å². The molecule has 2 fully saturated rings. The van der Waals surface area contributed by atoms with Crippen molar-refractivity contribution in [3.05, 3.63) is 18.2 Å². The summed E-state index contributed by atoms with van der Waals surface area (Å²) in [5.74, 6) is 0.755. The third kappa shape index (κ3) is 5.00. The van der Waals surface area contributed by atoms with Gasteiger partial charge in [0.15, 0.2) is 0 Å². The molecule has 0 saturated carbocycles. The lowest BCUT2D eigenvalue weighted by atomic mass is 10.0. The van der Waals surface area contributed by atoms with E-state index in [1.807, 2.05) is 0 Å². The first-order chi connectivity index (χ1) is 13.0. The van der Waals surface area contributed by atoms with Crippen LogP contribution in [-0.2, 0) is 14.8 Å². The van der Waals surface area contributed by atoms with Crippen LogP contribution < -0.4 is 15.4 Å². The number of hydrogen-bond acceptors (Lipinski definition) is 5. The molecule has 7 nitrogen and oxygen atoms in total. The second-order valence-corrected chi connectivity index (χ2v) is 9.18. The number of sulfonamides is 1. The Morgan fingerprint density at radius 2 is 2.07 bits per heavy atom. The minimum atomic E-state index is -3.64. The molecule has 8 heteroatoms. The Hall–Kier alpha value is -1.64. The fraction of sp³-hybridized carbons (Fsp3) is 0.632. The third-order valence-electron chi connectivity index (χ3n) is 5.32. The van der Waals surface area contributed by atoms with Crippen molar-refractivity contribution >= 4 is 21.6 Å². The van der Waals surface area contributed by atoms with Gasteiger partial charge in [-0.2, -0.15) is 4.31 Å². The number of nitrogens with one attached hydrogen (secondary N) is 2. The Morgan fingerprint density at radius 1 is 1.30 bits per heavy atom. The van der Waals surface area contributed by atoms with Crippen molar-refractivity contribution in [2.24, 2.45) is 5.92 Å². The van der Waals surface area contributed by atoms with Gasteiger partial charge in [-0.05, 0) is 62.9 Å². The highest BCUT2D eigenvalue weighted by atomic mass is 32.2. The summed E-state index contributed by atoms with van der Waals surface area (Å²) in [4.78, 5) is 12.4. The number of piperidine rings is 1. The molecule has 1 amide bonds. The molecular formula is C19H29N3O4S. The minimum Gasteiger partial charge on any atom is -0.495 e. The first kappa shape index (κ1) is 20.1. The number of nitrogens with zero attached hydrogens (tertiary/aromatic N) is 1. The Morgan fingerprint density at radius 3 is 2.74 bits per heavy atom. The number of rotatable bonds is 7. The molecule has 3 rings (SSSR count). The summed E-state index contributed by atoms with van der Waals surface area (Å²) in [7, 11) is -2.18. The summed E-state index contributed by atoms with van der Waals surface area (Å²) in [6, 6.07) is 4.80. The van der Waals surface area contributed by atoms with Crippen LogP contribution in [0.15, 0.2) is 23.1 Å². The van der Waals surface area contributed by atoms with Crippen LogP contribution in [0.1, 0.15) is 38.5 Å². The van der Waals surface area contributed by atoms with Crippen molar-refractivity contribution in [3.8, 4) is 5.75 Å². The summed E-state index contributed by atoms with van der Waals surface area (Å²) < 4.78 is 32.8. The molecule has 0 aromatic heterocycles. The van der Waals surface area contributed by atoms with Crippen LogP contribution in [0.3, 0.4) is 0 Å². The maximum absolute atomic E-state index is 13.0. The van der Waals surface area contributed by atoms with Gasteiger partial charge in [0.05, 0.1) is 7.11 Å². The number of anilines is 1. The molecule has 0 bridgehead atoms. The van der Waals surface area contributed by atoms with E-state index in [0.717, 1.165) is 45.2 Å². The van der Waals surface area contributed by atoms with E-state index in [1.165, 1.54) is 17.5 Å². The van der Waals surface area contributed by atoms with E-state index in [-0.39, 0.29) is 10.8 Å². The Bertz CT molecular complexity index is 754. The van der Waals surface area contributed by atoms with Gasteiger partial charge in [0, 0.05) is 25.2 Å². The van der Waals surface area contributed by atoms with E-state index in [2.05, 4.69) is 10.6 Å². The molecule has 2 aliphatic rings. The highest BCUT2D eigenvalue weighted by Gasteiger charge is 2.29. The van der Waals surface area contributed by atoms with Crippen LogP contribution in [-0.4, -0.2) is 51.9 Å². The topological polar surface area (TPSA) is 87.7 Å². The molecule has 27 heavy (non-hydrogen) atoms. The number of methoxy groups -OCH3 is 1. The van der Waals surface area contributed by atoms with Crippen LogP contribution in [0.4, 0.5) is 5.69 Å². The molecule has 2 saturated heterocycles. The smallest absolute Gasteiger partial charge is 0.246 e. The fourth-order valence-electron chi connectivity index (χ4n) is 3.72. The lowest BCUT2D eigenvalue weighted by Crippen LogP contribution is -2.35. The number of hydrogen-bond donors (Lipinski definition) is 2. The quantitative estimate of drug-likeness (QED) is 0.739. The Balaban J connectivity index is 1.71. The van der Waals surface area contributed by atoms with Crippen LogP contribution >= 0.6 is 0 Å². The lowest BCUT2D eigenvalue weighted by Gasteiger charge is -2.26. The Labute approximate surface area is 161 Å². The average Bonchev–Trinajstić information content (AvgIpc) is 3.21. The molecule has 2 N–H and O–H groups in total. The van der Waals surface area contributed by atoms with E-state index >= 15 is 0 Å². The summed E-state index contributed by atoms with van der Waals surface area (Å²) in [5.41, 5.74) is 0.487. The molecule has 1 aromatic rings. The molecular weight excluding hydrogens is 366 g/mol. The molecule has 2 aliphatic heterocycles. The zero-order chi connectivity index (χ0) is 19.3. The maximum atomic E-state index is 13.0. The van der Waals surface area contributed by atoms with Gasteiger partial charge in [-0.1, -0.05) is 6.42 Å². The summed E-state index contributed by atoms with van der Waals surface area (Å²) in [5, 5.41) is 6.13. The van der Waals surface area contributed by atoms with Gasteiger partial charge in [0.2, 0.25) is 15.9 Å². The molecule has 0 spiro atoms. The highest BCUT2D eigenvalue weighted by molar-refractivity contribution is 7.89. The van der Waals surface area contributed by atoms with Crippen molar-refractivity contribution in [1.29, 1.82) is 0 Å². The monoisotopic (exact) mass is 395 g/mol. The van der Waals surface area contributed by atoms with Crippen molar-refractivity contribution < 1.29 is 17.9 Å². The van der Waals surface area contributed by atoms with Crippen molar-refractivity contribution in [2.45, 2.75) is 43.4 Å². The van der Waals surface area contributed by atoms with Crippen LogP contribution in [0.25, 0.3) is 0 Å². The van der Waals surface area contributed by atoms with E-state index in [0.29, 0.717) is 36.9 Å². The maximum Gasteiger partial charge on any atom is 0.246 e. The first-order valence-corrected chi connectivity index (χ1v) is 11.1. The van der Waals surface area contributed by atoms with Crippen molar-refractivity contribution in [1.82, 2.24) is 9.62 Å². The summed E-state index contributed by atoms with van der Waals surface area (Å²) >= 11 is 0. The number of carbonyl (C=O) groups is 1. The minimum absolute atomic E-state index is 0.0895. The number of carbonyl (C=O) groups excluding carboxylic acids is 1. The van der Waals surface area contributed by atoms with Crippen molar-refractivity contribution in [2.75, 3.05) is 38.6 Å². The van der Waals surface area contributed by atoms with Crippen LogP contribution in [0.5, 0.6) is 5.75 Å². The van der Waals surface area contributed by atoms with E-state index in [4.69, 9.17) is 4.74 Å². The summed E-state index contributed by atoms with van der Waals surface area (Å²) in [6.07, 6.45) is 5.17. The zero-order valence-corrected chi connectivity index (χ0v) is 16.7. The zero-order valence-electron chi connectivity index (χ0n) is 15.9. The second-order valence-electron chi connectivity index (χ2n) is 7.28. The number of amides is 1. The van der Waals surface area contributed by atoms with Gasteiger partial charge in [0.25, 0.3) is 0 Å². The molecule has 1 aromatic carbocycles. The molecule has 2 heterocycles. The van der Waals surface area contributed by atoms with E-state index < -0.39 is 10.0 Å². The predicted octanol–water partition coefficient (Wildman–Crippen LogP) is 2.20. The number of ether oxygens (including phenoxy) is 1. The van der Waals surface area contributed by atoms with Gasteiger partial charge in [0.1, 0.15) is 10.6 Å². The van der Waals surface area contributed by atoms with Gasteiger partial charge in [-0.25, -0.2) is 8.42 Å². The SMILES string of the molecule is COc1ccc(NC(=O)CCC2CCNC2)cc1S(=O)(=O)N1CCCCC1. The normalized spacial score (nSPS) is 21.1. The predicted molar refractivity (Wildman–Crippen MR) is 104 cm³/mol. The molecule has 0 radical (unpaired) electrons. The average molecular weight is 396 g/mol. The summed E-state index contributed by atoms with van der Waals surface area (Å²) in [6.45, 7) is 3.03. The standard InChI is InChI=1S/C19H29N3O4S/c1-26-17-7-6-16(21-19(23)8-5-15-9-10-20-14-15)13-18(17)27(24,25)22-11-3-2-4-12-22/h6-7,13,15,20H,2-5,8-12,14H2,1H3,(H,21,23). The molecule has 150 valence electrons. The van der Waals surface area contributed by atoms with E-state index in [1.54, 1.807) is 12.1 Å². The number of benzene rings is 1.